The molecule has 0 radical (unpaired) electrons. The molecular weight excluding hydrogens is 308 g/mol. The number of aliphatic hydroxyl groups excluding tert-OH is 1. The van der Waals surface area contributed by atoms with E-state index >= 15 is 0 Å². The van der Waals surface area contributed by atoms with Gasteiger partial charge in [-0.15, -0.1) is 0 Å². The fourth-order valence-electron chi connectivity index (χ4n) is 3.78. The zero-order chi connectivity index (χ0) is 18.0. The van der Waals surface area contributed by atoms with Crippen molar-refractivity contribution in [2.45, 2.75) is 64.3 Å². The predicted octanol–water partition coefficient (Wildman–Crippen LogP) is 4.56. The van der Waals surface area contributed by atoms with Crippen molar-refractivity contribution in [3.8, 4) is 0 Å². The largest absolute Gasteiger partial charge is 0.396 e. The molecule has 0 aliphatic carbocycles. The first-order chi connectivity index (χ1) is 11.1. The van der Waals surface area contributed by atoms with Gasteiger partial charge in [-0.2, -0.15) is 0 Å². The number of halogens is 2. The maximum atomic E-state index is 13.4. The van der Waals surface area contributed by atoms with E-state index in [1.165, 1.54) is 0 Å². The molecule has 1 N–H and O–H groups in total. The second-order valence-electron chi connectivity index (χ2n) is 8.06. The molecule has 2 rings (SSSR count). The molecule has 0 bridgehead atoms. The molecule has 1 fully saturated rings. The molecule has 1 aliphatic rings. The molecule has 1 aromatic carbocycles. The fraction of sp³-hybridized carbons (Fsp3) is 0.700. The van der Waals surface area contributed by atoms with Gasteiger partial charge in [0.05, 0.1) is 0 Å². The van der Waals surface area contributed by atoms with Gasteiger partial charge in [-0.05, 0) is 56.2 Å². The molecule has 136 valence electrons. The van der Waals surface area contributed by atoms with Crippen molar-refractivity contribution in [2.75, 3.05) is 19.7 Å². The van der Waals surface area contributed by atoms with E-state index in [0.29, 0.717) is 18.6 Å². The summed E-state index contributed by atoms with van der Waals surface area (Å²) < 4.78 is 26.7. The molecular formula is C20H31F2NO. The van der Waals surface area contributed by atoms with Crippen LogP contribution in [0.25, 0.3) is 0 Å². The maximum absolute atomic E-state index is 13.4. The van der Waals surface area contributed by atoms with E-state index in [9.17, 15) is 13.9 Å². The summed E-state index contributed by atoms with van der Waals surface area (Å²) in [6, 6.07) is 7.23. The van der Waals surface area contributed by atoms with Crippen LogP contribution in [0.3, 0.4) is 0 Å². The number of hydrogen-bond donors (Lipinski definition) is 1. The Morgan fingerprint density at radius 2 is 1.58 bits per heavy atom. The lowest BCUT2D eigenvalue weighted by Gasteiger charge is -2.39. The van der Waals surface area contributed by atoms with Crippen molar-refractivity contribution in [2.24, 2.45) is 5.92 Å². The molecule has 0 aromatic heterocycles. The maximum Gasteiger partial charge on any atom is 0.270 e. The molecule has 1 heterocycles. The Morgan fingerprint density at radius 1 is 1.08 bits per heavy atom. The summed E-state index contributed by atoms with van der Waals surface area (Å²) in [4.78, 5) is 2.49. The molecule has 1 aromatic rings. The summed E-state index contributed by atoms with van der Waals surface area (Å²) >= 11 is 0. The highest BCUT2D eigenvalue weighted by Gasteiger charge is 2.30. The van der Waals surface area contributed by atoms with Gasteiger partial charge in [0.2, 0.25) is 0 Å². The van der Waals surface area contributed by atoms with Crippen LogP contribution in [0.2, 0.25) is 0 Å². The van der Waals surface area contributed by atoms with Crippen LogP contribution in [-0.2, 0) is 11.3 Å². The molecule has 1 unspecified atom stereocenters. The lowest BCUT2D eigenvalue weighted by atomic mass is 9.78. The number of alkyl halides is 2. The SMILES string of the molecule is CC(CC(C)(C)c1ccc(C(C)(F)F)cc1)N1CCC(CO)CC1. The van der Waals surface area contributed by atoms with Crippen molar-refractivity contribution in [1.29, 1.82) is 0 Å². The van der Waals surface area contributed by atoms with Crippen LogP contribution >= 0.6 is 0 Å². The number of nitrogens with zero attached hydrogens (tertiary/aromatic N) is 1. The van der Waals surface area contributed by atoms with Gasteiger partial charge in [0, 0.05) is 25.1 Å². The lowest BCUT2D eigenvalue weighted by Crippen LogP contribution is -2.43. The third-order valence-corrected chi connectivity index (χ3v) is 5.51. The van der Waals surface area contributed by atoms with E-state index < -0.39 is 5.92 Å². The van der Waals surface area contributed by atoms with Crippen LogP contribution in [0.4, 0.5) is 8.78 Å². The van der Waals surface area contributed by atoms with Crippen LogP contribution in [0, 0.1) is 5.92 Å². The van der Waals surface area contributed by atoms with Crippen LogP contribution in [0.15, 0.2) is 24.3 Å². The first-order valence-corrected chi connectivity index (χ1v) is 8.97. The van der Waals surface area contributed by atoms with Crippen LogP contribution in [0.5, 0.6) is 0 Å². The van der Waals surface area contributed by atoms with E-state index in [-0.39, 0.29) is 11.0 Å². The highest BCUT2D eigenvalue weighted by atomic mass is 19.3. The first kappa shape index (κ1) is 19.3. The molecule has 4 heteroatoms. The summed E-state index contributed by atoms with van der Waals surface area (Å²) in [5.74, 6) is -2.34. The molecule has 1 atom stereocenters. The Hall–Kier alpha value is -1.00. The van der Waals surface area contributed by atoms with Crippen molar-refractivity contribution >= 4 is 0 Å². The summed E-state index contributed by atoms with van der Waals surface area (Å²) in [5, 5.41) is 9.26. The highest BCUT2D eigenvalue weighted by Crippen LogP contribution is 2.33. The van der Waals surface area contributed by atoms with E-state index in [0.717, 1.165) is 44.8 Å². The third kappa shape index (κ3) is 4.76. The Morgan fingerprint density at radius 3 is 2.04 bits per heavy atom. The zero-order valence-corrected chi connectivity index (χ0v) is 15.4. The molecule has 0 spiro atoms. The van der Waals surface area contributed by atoms with Crippen molar-refractivity contribution < 1.29 is 13.9 Å². The van der Waals surface area contributed by atoms with Crippen LogP contribution < -0.4 is 0 Å². The van der Waals surface area contributed by atoms with E-state index in [1.807, 2.05) is 12.1 Å². The number of likely N-dealkylation sites (tertiary alicyclic amines) is 1. The van der Waals surface area contributed by atoms with Crippen LogP contribution in [0.1, 0.15) is 58.1 Å². The number of hydrogen-bond acceptors (Lipinski definition) is 2. The zero-order valence-electron chi connectivity index (χ0n) is 15.4. The van der Waals surface area contributed by atoms with E-state index in [4.69, 9.17) is 0 Å². The second-order valence-corrected chi connectivity index (χ2v) is 8.06. The molecule has 0 saturated carbocycles. The van der Waals surface area contributed by atoms with Gasteiger partial charge in [0.25, 0.3) is 5.92 Å². The van der Waals surface area contributed by atoms with Gasteiger partial charge in [-0.25, -0.2) is 8.78 Å². The minimum absolute atomic E-state index is 0.0607. The standard InChI is InChI=1S/C20H31F2NO/c1-15(23-11-9-16(14-24)10-12-23)13-19(2,3)17-5-7-18(8-6-17)20(4,21)22/h5-8,15-16,24H,9-14H2,1-4H3. The van der Waals surface area contributed by atoms with Gasteiger partial charge in [-0.1, -0.05) is 38.1 Å². The average molecular weight is 339 g/mol. The van der Waals surface area contributed by atoms with Gasteiger partial charge in [0.1, 0.15) is 0 Å². The monoisotopic (exact) mass is 339 g/mol. The number of piperidine rings is 1. The van der Waals surface area contributed by atoms with Crippen molar-refractivity contribution in [1.82, 2.24) is 4.90 Å². The number of rotatable bonds is 6. The molecule has 1 saturated heterocycles. The Labute approximate surface area is 144 Å². The summed E-state index contributed by atoms with van der Waals surface area (Å²) in [6.07, 6.45) is 3.10. The minimum atomic E-state index is -2.78. The second kappa shape index (κ2) is 7.49. The molecule has 24 heavy (non-hydrogen) atoms. The smallest absolute Gasteiger partial charge is 0.270 e. The van der Waals surface area contributed by atoms with Gasteiger partial charge >= 0.3 is 0 Å². The molecule has 1 aliphatic heterocycles. The Kier molecular flexibility index (Phi) is 6.03. The number of benzene rings is 1. The summed E-state index contributed by atoms with van der Waals surface area (Å²) in [5.41, 5.74) is 1.11. The summed E-state index contributed by atoms with van der Waals surface area (Å²) in [7, 11) is 0. The number of aliphatic hydroxyl groups is 1. The van der Waals surface area contributed by atoms with E-state index in [2.05, 4.69) is 25.7 Å². The minimum Gasteiger partial charge on any atom is -0.396 e. The van der Waals surface area contributed by atoms with Crippen molar-refractivity contribution in [3.63, 3.8) is 0 Å². The fourth-order valence-corrected chi connectivity index (χ4v) is 3.78. The Bertz CT molecular complexity index is 513. The average Bonchev–Trinajstić information content (AvgIpc) is 2.54. The highest BCUT2D eigenvalue weighted by molar-refractivity contribution is 5.30. The molecule has 2 nitrogen and oxygen atoms in total. The first-order valence-electron chi connectivity index (χ1n) is 8.97. The third-order valence-electron chi connectivity index (χ3n) is 5.51. The van der Waals surface area contributed by atoms with Gasteiger partial charge in [0.15, 0.2) is 0 Å². The lowest BCUT2D eigenvalue weighted by molar-refractivity contribution is 0.0174. The van der Waals surface area contributed by atoms with Crippen molar-refractivity contribution in [3.05, 3.63) is 35.4 Å². The topological polar surface area (TPSA) is 23.5 Å². The van der Waals surface area contributed by atoms with Crippen LogP contribution in [-0.4, -0.2) is 35.7 Å². The normalized spacial score (nSPS) is 19.5. The quantitative estimate of drug-likeness (QED) is 0.821. The Balaban J connectivity index is 1.99. The summed E-state index contributed by atoms with van der Waals surface area (Å²) in [6.45, 7) is 9.90. The molecule has 0 amide bonds. The van der Waals surface area contributed by atoms with E-state index in [1.54, 1.807) is 12.1 Å². The van der Waals surface area contributed by atoms with Gasteiger partial charge in [-0.3, -0.25) is 0 Å². The predicted molar refractivity (Wildman–Crippen MR) is 94.5 cm³/mol. The van der Waals surface area contributed by atoms with Gasteiger partial charge < -0.3 is 10.0 Å².